The van der Waals surface area contributed by atoms with Crippen LogP contribution in [0.3, 0.4) is 0 Å². The zero-order valence-electron chi connectivity index (χ0n) is 16.3. The molecule has 0 bridgehead atoms. The molecule has 166 valence electrons. The Morgan fingerprint density at radius 2 is 1.97 bits per heavy atom. The highest BCUT2D eigenvalue weighted by Gasteiger charge is 2.48. The summed E-state index contributed by atoms with van der Waals surface area (Å²) < 4.78 is 42.5. The molecule has 1 aromatic heterocycles. The number of carbonyl (C=O) groups excluding carboxylic acids is 3. The molecule has 1 aromatic carbocycles. The molecule has 0 radical (unpaired) electrons. The highest BCUT2D eigenvalue weighted by Crippen LogP contribution is 2.38. The van der Waals surface area contributed by atoms with Gasteiger partial charge in [-0.1, -0.05) is 11.6 Å². The third-order valence-corrected chi connectivity index (χ3v) is 5.32. The van der Waals surface area contributed by atoms with Crippen LogP contribution in [0.1, 0.15) is 40.2 Å². The van der Waals surface area contributed by atoms with Crippen LogP contribution in [0.2, 0.25) is 5.02 Å². The molecule has 3 rings (SSSR count). The van der Waals surface area contributed by atoms with Gasteiger partial charge in [0.15, 0.2) is 5.69 Å². The first-order chi connectivity index (χ1) is 14.6. The standard InChI is InChI=1S/C19H19ClF3N5O3/c1-24-17(30)14-15(26-8-25-14)18(31)28-13-5-2-9(7-19(13,22)23)16(29)27-12-4-3-10(21)6-11(12)20/h3-4,6,8-9,13H,2,5,7H2,1H3,(H,24,30)(H,25,26)(H,27,29)(H,28,31)/t9-,13-/m1/s1. The molecule has 2 aromatic rings. The zero-order valence-corrected chi connectivity index (χ0v) is 17.0. The van der Waals surface area contributed by atoms with Crippen LogP contribution in [0.4, 0.5) is 18.9 Å². The van der Waals surface area contributed by atoms with Gasteiger partial charge in [-0.05, 0) is 31.0 Å². The minimum Gasteiger partial charge on any atom is -0.354 e. The predicted molar refractivity (Wildman–Crippen MR) is 106 cm³/mol. The van der Waals surface area contributed by atoms with Gasteiger partial charge < -0.3 is 20.9 Å². The number of nitrogens with zero attached hydrogens (tertiary/aromatic N) is 1. The van der Waals surface area contributed by atoms with Crippen molar-refractivity contribution in [2.24, 2.45) is 5.92 Å². The normalized spacial score (nSPS) is 20.0. The van der Waals surface area contributed by atoms with Crippen molar-refractivity contribution in [3.8, 4) is 0 Å². The maximum atomic E-state index is 14.7. The average Bonchev–Trinajstić information content (AvgIpc) is 3.20. The first-order valence-electron chi connectivity index (χ1n) is 9.32. The summed E-state index contributed by atoms with van der Waals surface area (Å²) in [5.41, 5.74) is -0.333. The lowest BCUT2D eigenvalue weighted by atomic mass is 9.82. The molecule has 12 heteroatoms. The van der Waals surface area contributed by atoms with Crippen LogP contribution < -0.4 is 16.0 Å². The number of aromatic nitrogens is 2. The SMILES string of the molecule is CNC(=O)c1[nH]cnc1C(=O)N[C@@H]1CC[C@@H](C(=O)Nc2ccc(F)cc2Cl)CC1(F)F. The molecular formula is C19H19ClF3N5O3. The van der Waals surface area contributed by atoms with Crippen molar-refractivity contribution in [2.45, 2.75) is 31.2 Å². The van der Waals surface area contributed by atoms with Gasteiger partial charge in [0.25, 0.3) is 17.7 Å². The Morgan fingerprint density at radius 3 is 2.61 bits per heavy atom. The molecule has 2 atom stereocenters. The van der Waals surface area contributed by atoms with Gasteiger partial charge in [-0.3, -0.25) is 14.4 Å². The number of hydrogen-bond donors (Lipinski definition) is 4. The maximum Gasteiger partial charge on any atom is 0.272 e. The van der Waals surface area contributed by atoms with Crippen LogP contribution in [-0.2, 0) is 4.79 Å². The van der Waals surface area contributed by atoms with E-state index in [9.17, 15) is 27.6 Å². The molecular weight excluding hydrogens is 439 g/mol. The second-order valence-electron chi connectivity index (χ2n) is 7.08. The topological polar surface area (TPSA) is 116 Å². The Labute approximate surface area is 179 Å². The highest BCUT2D eigenvalue weighted by atomic mass is 35.5. The first-order valence-corrected chi connectivity index (χ1v) is 9.70. The van der Waals surface area contributed by atoms with Crippen LogP contribution in [-0.4, -0.2) is 46.7 Å². The summed E-state index contributed by atoms with van der Waals surface area (Å²) in [5, 5.41) is 6.91. The number of alkyl halides is 2. The fourth-order valence-corrected chi connectivity index (χ4v) is 3.58. The Morgan fingerprint density at radius 1 is 1.23 bits per heavy atom. The minimum absolute atomic E-state index is 0.0491. The van der Waals surface area contributed by atoms with Crippen LogP contribution in [0, 0.1) is 11.7 Å². The van der Waals surface area contributed by atoms with Gasteiger partial charge in [0.1, 0.15) is 11.5 Å². The van der Waals surface area contributed by atoms with Gasteiger partial charge in [-0.2, -0.15) is 0 Å². The molecule has 0 unspecified atom stereocenters. The van der Waals surface area contributed by atoms with E-state index >= 15 is 0 Å². The molecule has 0 aliphatic heterocycles. The van der Waals surface area contributed by atoms with Crippen LogP contribution in [0.15, 0.2) is 24.5 Å². The van der Waals surface area contributed by atoms with E-state index in [1.807, 2.05) is 0 Å². The van der Waals surface area contributed by atoms with E-state index < -0.39 is 47.8 Å². The summed E-state index contributed by atoms with van der Waals surface area (Å²) in [6.07, 6.45) is 0.215. The Bertz CT molecular complexity index is 1010. The summed E-state index contributed by atoms with van der Waals surface area (Å²) in [7, 11) is 1.35. The second-order valence-corrected chi connectivity index (χ2v) is 7.49. The number of anilines is 1. The molecule has 1 aliphatic carbocycles. The highest BCUT2D eigenvalue weighted by molar-refractivity contribution is 6.33. The molecule has 1 heterocycles. The number of H-pyrrole nitrogens is 1. The van der Waals surface area contributed by atoms with Crippen LogP contribution in [0.5, 0.6) is 0 Å². The van der Waals surface area contributed by atoms with Crippen molar-refractivity contribution >= 4 is 35.0 Å². The zero-order chi connectivity index (χ0) is 22.8. The van der Waals surface area contributed by atoms with Crippen molar-refractivity contribution in [2.75, 3.05) is 12.4 Å². The lowest BCUT2D eigenvalue weighted by Gasteiger charge is -2.35. The van der Waals surface area contributed by atoms with Gasteiger partial charge >= 0.3 is 0 Å². The molecule has 3 amide bonds. The van der Waals surface area contributed by atoms with E-state index in [4.69, 9.17) is 11.6 Å². The molecule has 1 fully saturated rings. The first kappa shape index (κ1) is 22.6. The third-order valence-electron chi connectivity index (χ3n) is 5.01. The monoisotopic (exact) mass is 457 g/mol. The van der Waals surface area contributed by atoms with E-state index in [0.717, 1.165) is 18.5 Å². The molecule has 0 saturated heterocycles. The lowest BCUT2D eigenvalue weighted by Crippen LogP contribution is -2.52. The molecule has 4 N–H and O–H groups in total. The van der Waals surface area contributed by atoms with Crippen molar-refractivity contribution in [1.82, 2.24) is 20.6 Å². The Hall–Kier alpha value is -3.08. The predicted octanol–water partition coefficient (Wildman–Crippen LogP) is 2.73. The minimum atomic E-state index is -3.38. The molecule has 1 aliphatic rings. The largest absolute Gasteiger partial charge is 0.354 e. The Kier molecular flexibility index (Phi) is 6.54. The number of amides is 3. The molecule has 0 spiro atoms. The van der Waals surface area contributed by atoms with Gasteiger partial charge in [-0.15, -0.1) is 0 Å². The van der Waals surface area contributed by atoms with E-state index in [0.29, 0.717) is 0 Å². The summed E-state index contributed by atoms with van der Waals surface area (Å²) >= 11 is 5.86. The average molecular weight is 458 g/mol. The van der Waals surface area contributed by atoms with Gasteiger partial charge in [0.05, 0.1) is 23.1 Å². The van der Waals surface area contributed by atoms with E-state index in [1.165, 1.54) is 13.1 Å². The number of imidazole rings is 1. The van der Waals surface area contributed by atoms with Gasteiger partial charge in [0.2, 0.25) is 5.91 Å². The van der Waals surface area contributed by atoms with Crippen molar-refractivity contribution in [3.63, 3.8) is 0 Å². The van der Waals surface area contributed by atoms with Crippen molar-refractivity contribution < 1.29 is 27.6 Å². The van der Waals surface area contributed by atoms with Crippen LogP contribution in [0.25, 0.3) is 0 Å². The van der Waals surface area contributed by atoms with E-state index in [-0.39, 0.29) is 34.9 Å². The number of nitrogens with one attached hydrogen (secondary N) is 4. The maximum absolute atomic E-state index is 14.7. The van der Waals surface area contributed by atoms with E-state index in [2.05, 4.69) is 25.9 Å². The fourth-order valence-electron chi connectivity index (χ4n) is 3.37. The molecule has 31 heavy (non-hydrogen) atoms. The number of benzene rings is 1. The number of aromatic amines is 1. The van der Waals surface area contributed by atoms with Gasteiger partial charge in [0, 0.05) is 19.4 Å². The van der Waals surface area contributed by atoms with Gasteiger partial charge in [-0.25, -0.2) is 18.2 Å². The smallest absolute Gasteiger partial charge is 0.272 e. The molecule has 1 saturated carbocycles. The number of rotatable bonds is 5. The quantitative estimate of drug-likeness (QED) is 0.552. The fraction of sp³-hybridized carbons (Fsp3) is 0.368. The molecule has 8 nitrogen and oxygen atoms in total. The number of halogens is 4. The Balaban J connectivity index is 1.65. The number of carbonyl (C=O) groups is 3. The summed E-state index contributed by atoms with van der Waals surface area (Å²) in [4.78, 5) is 42.8. The van der Waals surface area contributed by atoms with Crippen LogP contribution >= 0.6 is 11.6 Å². The van der Waals surface area contributed by atoms with E-state index in [1.54, 1.807) is 0 Å². The summed E-state index contributed by atoms with van der Waals surface area (Å²) in [6.45, 7) is 0. The lowest BCUT2D eigenvalue weighted by molar-refractivity contribution is -0.129. The second kappa shape index (κ2) is 8.96. The van der Waals surface area contributed by atoms with Crippen molar-refractivity contribution in [1.29, 1.82) is 0 Å². The number of hydrogen-bond acceptors (Lipinski definition) is 4. The van der Waals surface area contributed by atoms with Crippen molar-refractivity contribution in [3.05, 3.63) is 46.8 Å². The summed E-state index contributed by atoms with van der Waals surface area (Å²) in [5.74, 6) is -7.23. The third kappa shape index (κ3) is 4.98. The summed E-state index contributed by atoms with van der Waals surface area (Å²) in [6, 6.07) is 1.80.